The second-order valence-electron chi connectivity index (χ2n) is 5.80. The molecule has 2 rings (SSSR count). The molecule has 0 radical (unpaired) electrons. The summed E-state index contributed by atoms with van der Waals surface area (Å²) in [5.41, 5.74) is 1.88. The molecule has 1 aliphatic rings. The Balaban J connectivity index is 0.00000242. The predicted molar refractivity (Wildman–Crippen MR) is 91.6 cm³/mol. The fourth-order valence-corrected chi connectivity index (χ4v) is 2.90. The van der Waals surface area contributed by atoms with E-state index in [-0.39, 0.29) is 18.4 Å². The van der Waals surface area contributed by atoms with Crippen molar-refractivity contribution in [3.63, 3.8) is 0 Å². The Morgan fingerprint density at radius 2 is 1.91 bits per heavy atom. The lowest BCUT2D eigenvalue weighted by atomic mass is 9.93. The van der Waals surface area contributed by atoms with Crippen LogP contribution in [-0.2, 0) is 11.3 Å². The molecule has 1 heterocycles. The zero-order valence-electron chi connectivity index (χ0n) is 13.5. The Hall–Kier alpha value is -1.10. The van der Waals surface area contributed by atoms with Crippen LogP contribution in [0.1, 0.15) is 35.2 Å². The van der Waals surface area contributed by atoms with Gasteiger partial charge in [0.25, 0.3) is 0 Å². The zero-order chi connectivity index (χ0) is 15.1. The van der Waals surface area contributed by atoms with Crippen molar-refractivity contribution >= 4 is 18.4 Å². The molecule has 5 heteroatoms. The van der Waals surface area contributed by atoms with Crippen LogP contribution < -0.4 is 5.32 Å². The molecule has 0 unspecified atom stereocenters. The van der Waals surface area contributed by atoms with Gasteiger partial charge in [0, 0.05) is 6.54 Å². The summed E-state index contributed by atoms with van der Waals surface area (Å²) in [5.74, 6) is 0.599. The molecular formula is C17H27ClN2O2. The Morgan fingerprint density at radius 3 is 2.45 bits per heavy atom. The van der Waals surface area contributed by atoms with Crippen LogP contribution >= 0.6 is 12.4 Å². The Bertz CT molecular complexity index is 442. The molecule has 1 fully saturated rings. The predicted octanol–water partition coefficient (Wildman–Crippen LogP) is 2.72. The number of hydrogen-bond donors (Lipinski definition) is 1. The fraction of sp³-hybridized carbons (Fsp3) is 0.588. The number of rotatable bonds is 6. The van der Waals surface area contributed by atoms with E-state index in [2.05, 4.69) is 10.2 Å². The molecule has 1 aliphatic heterocycles. The summed E-state index contributed by atoms with van der Waals surface area (Å²) in [5, 5.41) is 3.23. The Kier molecular flexibility index (Phi) is 8.46. The number of carbonyl (C=O) groups excluding carboxylic acids is 1. The molecular weight excluding hydrogens is 300 g/mol. The first-order valence-electron chi connectivity index (χ1n) is 7.77. The van der Waals surface area contributed by atoms with Crippen LogP contribution in [0, 0.1) is 5.92 Å². The second kappa shape index (κ2) is 9.82. The molecule has 0 bridgehead atoms. The largest absolute Gasteiger partial charge is 0.465 e. The number of esters is 1. The molecule has 0 aromatic heterocycles. The van der Waals surface area contributed by atoms with Crippen molar-refractivity contribution in [2.75, 3.05) is 33.8 Å². The van der Waals surface area contributed by atoms with E-state index in [0.717, 1.165) is 19.0 Å². The van der Waals surface area contributed by atoms with Crippen molar-refractivity contribution in [2.45, 2.75) is 25.8 Å². The van der Waals surface area contributed by atoms with Crippen LogP contribution in [0.3, 0.4) is 0 Å². The van der Waals surface area contributed by atoms with Gasteiger partial charge in [-0.3, -0.25) is 4.90 Å². The van der Waals surface area contributed by atoms with Crippen LogP contribution in [0.25, 0.3) is 0 Å². The minimum atomic E-state index is -0.271. The highest BCUT2D eigenvalue weighted by Crippen LogP contribution is 2.21. The van der Waals surface area contributed by atoms with Crippen LogP contribution in [0.4, 0.5) is 0 Å². The Morgan fingerprint density at radius 1 is 1.27 bits per heavy atom. The lowest BCUT2D eigenvalue weighted by molar-refractivity contribution is 0.0600. The molecule has 124 valence electrons. The standard InChI is InChI=1S/C17H26N2O2.ClH/c1-18-10-7-14-8-11-19(12-9-14)13-15-3-5-16(6-4-15)17(20)21-2;/h3-6,14,18H,7-13H2,1-2H3;1H. The third-order valence-electron chi connectivity index (χ3n) is 4.29. The topological polar surface area (TPSA) is 41.6 Å². The molecule has 0 spiro atoms. The van der Waals surface area contributed by atoms with E-state index < -0.39 is 0 Å². The summed E-state index contributed by atoms with van der Waals surface area (Å²) in [6.07, 6.45) is 3.88. The van der Waals surface area contributed by atoms with Gasteiger partial charge in [0.05, 0.1) is 12.7 Å². The molecule has 1 aromatic carbocycles. The second-order valence-corrected chi connectivity index (χ2v) is 5.80. The van der Waals surface area contributed by atoms with E-state index in [1.165, 1.54) is 45.0 Å². The molecule has 4 nitrogen and oxygen atoms in total. The lowest BCUT2D eigenvalue weighted by Crippen LogP contribution is -2.34. The maximum Gasteiger partial charge on any atom is 0.337 e. The molecule has 0 atom stereocenters. The van der Waals surface area contributed by atoms with Gasteiger partial charge in [-0.15, -0.1) is 12.4 Å². The molecule has 22 heavy (non-hydrogen) atoms. The van der Waals surface area contributed by atoms with Crippen LogP contribution in [-0.4, -0.2) is 44.7 Å². The van der Waals surface area contributed by atoms with Gasteiger partial charge >= 0.3 is 5.97 Å². The molecule has 1 saturated heterocycles. The van der Waals surface area contributed by atoms with Crippen molar-refractivity contribution in [2.24, 2.45) is 5.92 Å². The maximum atomic E-state index is 11.4. The Labute approximate surface area is 139 Å². The minimum Gasteiger partial charge on any atom is -0.465 e. The monoisotopic (exact) mass is 326 g/mol. The maximum absolute atomic E-state index is 11.4. The summed E-state index contributed by atoms with van der Waals surface area (Å²) >= 11 is 0. The summed E-state index contributed by atoms with van der Waals surface area (Å²) in [6.45, 7) is 4.44. The molecule has 1 aromatic rings. The van der Waals surface area contributed by atoms with Gasteiger partial charge < -0.3 is 10.1 Å². The highest BCUT2D eigenvalue weighted by Gasteiger charge is 2.18. The van der Waals surface area contributed by atoms with Crippen LogP contribution in [0.5, 0.6) is 0 Å². The van der Waals surface area contributed by atoms with Gasteiger partial charge in [0.15, 0.2) is 0 Å². The smallest absolute Gasteiger partial charge is 0.337 e. The van der Waals surface area contributed by atoms with Crippen molar-refractivity contribution < 1.29 is 9.53 Å². The molecule has 1 N–H and O–H groups in total. The number of hydrogen-bond acceptors (Lipinski definition) is 4. The average molecular weight is 327 g/mol. The summed E-state index contributed by atoms with van der Waals surface area (Å²) in [6, 6.07) is 7.75. The number of likely N-dealkylation sites (tertiary alicyclic amines) is 1. The van der Waals surface area contributed by atoms with E-state index in [9.17, 15) is 4.79 Å². The van der Waals surface area contributed by atoms with Gasteiger partial charge in [0.1, 0.15) is 0 Å². The third kappa shape index (κ3) is 5.59. The van der Waals surface area contributed by atoms with Crippen LogP contribution in [0.15, 0.2) is 24.3 Å². The highest BCUT2D eigenvalue weighted by atomic mass is 35.5. The number of piperidine rings is 1. The summed E-state index contributed by atoms with van der Waals surface area (Å²) < 4.78 is 4.72. The van der Waals surface area contributed by atoms with E-state index in [1.54, 1.807) is 0 Å². The first-order chi connectivity index (χ1) is 10.2. The fourth-order valence-electron chi connectivity index (χ4n) is 2.90. The molecule has 0 amide bonds. The normalized spacial score (nSPS) is 16.1. The number of carbonyl (C=O) groups is 1. The number of methoxy groups -OCH3 is 1. The zero-order valence-corrected chi connectivity index (χ0v) is 14.3. The highest BCUT2D eigenvalue weighted by molar-refractivity contribution is 5.89. The minimum absolute atomic E-state index is 0. The molecule has 0 aliphatic carbocycles. The van der Waals surface area contributed by atoms with E-state index in [0.29, 0.717) is 5.56 Å². The number of ether oxygens (including phenoxy) is 1. The summed E-state index contributed by atoms with van der Waals surface area (Å²) in [4.78, 5) is 13.9. The number of benzene rings is 1. The average Bonchev–Trinajstić information content (AvgIpc) is 2.54. The number of halogens is 1. The lowest BCUT2D eigenvalue weighted by Gasteiger charge is -2.32. The van der Waals surface area contributed by atoms with Crippen molar-refractivity contribution in [1.82, 2.24) is 10.2 Å². The molecule has 0 saturated carbocycles. The van der Waals surface area contributed by atoms with Gasteiger partial charge in [-0.2, -0.15) is 0 Å². The van der Waals surface area contributed by atoms with Crippen molar-refractivity contribution in [1.29, 1.82) is 0 Å². The third-order valence-corrected chi connectivity index (χ3v) is 4.29. The van der Waals surface area contributed by atoms with Gasteiger partial charge in [-0.25, -0.2) is 4.79 Å². The van der Waals surface area contributed by atoms with Gasteiger partial charge in [0.2, 0.25) is 0 Å². The van der Waals surface area contributed by atoms with Gasteiger partial charge in [-0.1, -0.05) is 12.1 Å². The van der Waals surface area contributed by atoms with Gasteiger partial charge in [-0.05, 0) is 69.6 Å². The number of nitrogens with one attached hydrogen (secondary N) is 1. The van der Waals surface area contributed by atoms with Crippen LogP contribution in [0.2, 0.25) is 0 Å². The quantitative estimate of drug-likeness (QED) is 0.816. The first-order valence-corrected chi connectivity index (χ1v) is 7.77. The SMILES string of the molecule is CNCCC1CCN(Cc2ccc(C(=O)OC)cc2)CC1.Cl. The van der Waals surface area contributed by atoms with E-state index in [4.69, 9.17) is 4.74 Å². The van der Waals surface area contributed by atoms with E-state index in [1.807, 2.05) is 31.3 Å². The summed E-state index contributed by atoms with van der Waals surface area (Å²) in [7, 11) is 3.43. The van der Waals surface area contributed by atoms with Crippen molar-refractivity contribution in [3.05, 3.63) is 35.4 Å². The number of nitrogens with zero attached hydrogens (tertiary/aromatic N) is 1. The van der Waals surface area contributed by atoms with E-state index >= 15 is 0 Å². The first kappa shape index (κ1) is 18.9. The van der Waals surface area contributed by atoms with Crippen molar-refractivity contribution in [3.8, 4) is 0 Å².